The first-order chi connectivity index (χ1) is 10.7. The first-order valence-corrected chi connectivity index (χ1v) is 7.12. The van der Waals surface area contributed by atoms with Gasteiger partial charge in [-0.15, -0.1) is 0 Å². The fraction of sp³-hybridized carbons (Fsp3) is 0.167. The van der Waals surface area contributed by atoms with E-state index in [-0.39, 0.29) is 19.1 Å². The third-order valence-electron chi connectivity index (χ3n) is 3.68. The van der Waals surface area contributed by atoms with Crippen LogP contribution >= 0.6 is 0 Å². The number of para-hydroxylation sites is 2. The van der Waals surface area contributed by atoms with Crippen LogP contribution in [-0.4, -0.2) is 22.2 Å². The highest BCUT2D eigenvalue weighted by atomic mass is 16.5. The number of ether oxygens (including phenoxy) is 1. The second-order valence-corrected chi connectivity index (χ2v) is 5.15. The van der Waals surface area contributed by atoms with Gasteiger partial charge in [0.15, 0.2) is 6.61 Å². The minimum atomic E-state index is -0.167. The van der Waals surface area contributed by atoms with Crippen LogP contribution in [0.2, 0.25) is 0 Å². The van der Waals surface area contributed by atoms with E-state index in [1.165, 1.54) is 0 Å². The van der Waals surface area contributed by atoms with Crippen molar-refractivity contribution in [3.8, 4) is 5.75 Å². The number of carbonyl (C=O) groups is 1. The topological polar surface area (TPSA) is 51.5 Å². The van der Waals surface area contributed by atoms with Crippen molar-refractivity contribution in [1.29, 1.82) is 0 Å². The molecule has 0 saturated heterocycles. The van der Waals surface area contributed by atoms with Crippen LogP contribution in [0.1, 0.15) is 15.9 Å². The van der Waals surface area contributed by atoms with Gasteiger partial charge in [-0.25, -0.2) is 0 Å². The lowest BCUT2D eigenvalue weighted by Gasteiger charge is -2.09. The maximum atomic E-state index is 12.4. The lowest BCUT2D eigenvalue weighted by Crippen LogP contribution is -2.18. The summed E-state index contributed by atoms with van der Waals surface area (Å²) in [5.41, 5.74) is 2.51. The van der Waals surface area contributed by atoms with Crippen molar-refractivity contribution in [3.63, 3.8) is 0 Å². The Labute approximate surface area is 128 Å². The van der Waals surface area contributed by atoms with Crippen molar-refractivity contribution in [3.05, 3.63) is 65.9 Å². The Hall–Kier alpha value is -2.59. The minimum Gasteiger partial charge on any atom is -0.483 e. The first kappa shape index (κ1) is 14.4. The Morgan fingerprint density at radius 1 is 1.14 bits per heavy atom. The number of hydrogen-bond acceptors (Lipinski definition) is 3. The molecule has 0 unspecified atom stereocenters. The molecule has 0 spiro atoms. The second kappa shape index (κ2) is 6.03. The zero-order valence-corrected chi connectivity index (χ0v) is 12.3. The fourth-order valence-corrected chi connectivity index (χ4v) is 2.51. The molecule has 112 valence electrons. The predicted molar refractivity (Wildman–Crippen MR) is 85.2 cm³/mol. The van der Waals surface area contributed by atoms with Crippen molar-refractivity contribution < 1.29 is 14.6 Å². The number of carbonyl (C=O) groups excluding carboxylic acids is 1. The number of rotatable bonds is 4. The van der Waals surface area contributed by atoms with E-state index in [2.05, 4.69) is 0 Å². The lowest BCUT2D eigenvalue weighted by atomic mass is 10.2. The molecule has 0 aliphatic carbocycles. The molecule has 1 heterocycles. The summed E-state index contributed by atoms with van der Waals surface area (Å²) in [4.78, 5) is 12.4. The number of aryl methyl sites for hydroxylation is 1. The first-order valence-electron chi connectivity index (χ1n) is 7.12. The number of benzene rings is 2. The highest BCUT2D eigenvalue weighted by Crippen LogP contribution is 2.22. The molecule has 4 nitrogen and oxygen atoms in total. The highest BCUT2D eigenvalue weighted by molar-refractivity contribution is 5.95. The maximum absolute atomic E-state index is 12.4. The van der Waals surface area contributed by atoms with Gasteiger partial charge < -0.3 is 9.84 Å². The summed E-state index contributed by atoms with van der Waals surface area (Å²) >= 11 is 0. The molecule has 0 saturated carbocycles. The van der Waals surface area contributed by atoms with Gasteiger partial charge in [-0.2, -0.15) is 0 Å². The van der Waals surface area contributed by atoms with E-state index in [0.29, 0.717) is 5.75 Å². The van der Waals surface area contributed by atoms with Crippen LogP contribution in [-0.2, 0) is 6.61 Å². The van der Waals surface area contributed by atoms with Crippen LogP contribution in [0.25, 0.3) is 10.9 Å². The SMILES string of the molecule is Cc1ccccc1OCC(=O)n1cc(CO)c2ccccc21. The standard InChI is InChI=1S/C18H17NO3/c1-13-6-2-5-9-17(13)22-12-18(21)19-10-14(11-20)15-7-3-4-8-16(15)19/h2-10,20H,11-12H2,1H3. The number of fused-ring (bicyclic) bond motifs is 1. The molecule has 4 heteroatoms. The van der Waals surface area contributed by atoms with Gasteiger partial charge in [-0.3, -0.25) is 9.36 Å². The van der Waals surface area contributed by atoms with Gasteiger partial charge >= 0.3 is 0 Å². The monoisotopic (exact) mass is 295 g/mol. The van der Waals surface area contributed by atoms with E-state index in [4.69, 9.17) is 4.74 Å². The van der Waals surface area contributed by atoms with Gasteiger partial charge in [0.25, 0.3) is 5.91 Å². The zero-order chi connectivity index (χ0) is 15.5. The number of aliphatic hydroxyl groups excluding tert-OH is 1. The Bertz CT molecular complexity index is 820. The van der Waals surface area contributed by atoms with E-state index in [9.17, 15) is 9.90 Å². The summed E-state index contributed by atoms with van der Waals surface area (Å²) in [5.74, 6) is 0.536. The van der Waals surface area contributed by atoms with Crippen molar-refractivity contribution in [2.45, 2.75) is 13.5 Å². The molecular weight excluding hydrogens is 278 g/mol. The molecule has 1 N–H and O–H groups in total. The summed E-state index contributed by atoms with van der Waals surface area (Å²) in [5, 5.41) is 10.3. The van der Waals surface area contributed by atoms with Gasteiger partial charge in [-0.1, -0.05) is 36.4 Å². The molecule has 3 rings (SSSR count). The second-order valence-electron chi connectivity index (χ2n) is 5.15. The van der Waals surface area contributed by atoms with Crippen molar-refractivity contribution in [2.75, 3.05) is 6.61 Å². The Balaban J connectivity index is 1.85. The molecule has 0 radical (unpaired) electrons. The van der Waals surface area contributed by atoms with E-state index in [0.717, 1.165) is 22.0 Å². The molecule has 0 aliphatic heterocycles. The van der Waals surface area contributed by atoms with Crippen LogP contribution in [0.3, 0.4) is 0 Å². The third kappa shape index (κ3) is 2.61. The summed E-state index contributed by atoms with van der Waals surface area (Å²) < 4.78 is 7.15. The van der Waals surface area contributed by atoms with Gasteiger partial charge in [0, 0.05) is 17.1 Å². The van der Waals surface area contributed by atoms with Crippen LogP contribution in [0.15, 0.2) is 54.7 Å². The van der Waals surface area contributed by atoms with Crippen LogP contribution in [0, 0.1) is 6.92 Å². The van der Waals surface area contributed by atoms with E-state index in [1.54, 1.807) is 10.8 Å². The van der Waals surface area contributed by atoms with Crippen molar-refractivity contribution in [2.24, 2.45) is 0 Å². The smallest absolute Gasteiger partial charge is 0.268 e. The molecule has 2 aromatic carbocycles. The molecular formula is C18H17NO3. The summed E-state index contributed by atoms with van der Waals surface area (Å²) in [7, 11) is 0. The fourth-order valence-electron chi connectivity index (χ4n) is 2.51. The number of nitrogens with zero attached hydrogens (tertiary/aromatic N) is 1. The van der Waals surface area contributed by atoms with Crippen molar-refractivity contribution in [1.82, 2.24) is 4.57 Å². The van der Waals surface area contributed by atoms with Crippen LogP contribution in [0.5, 0.6) is 5.75 Å². The Morgan fingerprint density at radius 2 is 1.86 bits per heavy atom. The summed E-state index contributed by atoms with van der Waals surface area (Å²) in [6, 6.07) is 15.1. The van der Waals surface area contributed by atoms with E-state index in [1.807, 2.05) is 55.5 Å². The van der Waals surface area contributed by atoms with Gasteiger partial charge in [0.1, 0.15) is 5.75 Å². The maximum Gasteiger partial charge on any atom is 0.268 e. The molecule has 0 fully saturated rings. The molecule has 3 aromatic rings. The normalized spacial score (nSPS) is 10.8. The van der Waals surface area contributed by atoms with Gasteiger partial charge in [-0.05, 0) is 24.6 Å². The Morgan fingerprint density at radius 3 is 2.64 bits per heavy atom. The molecule has 0 bridgehead atoms. The minimum absolute atomic E-state index is 0.0472. The molecule has 0 aliphatic rings. The van der Waals surface area contributed by atoms with Crippen LogP contribution in [0.4, 0.5) is 0 Å². The molecule has 22 heavy (non-hydrogen) atoms. The van der Waals surface area contributed by atoms with Crippen LogP contribution < -0.4 is 4.74 Å². The molecule has 0 atom stereocenters. The van der Waals surface area contributed by atoms with E-state index < -0.39 is 0 Å². The zero-order valence-electron chi connectivity index (χ0n) is 12.3. The lowest BCUT2D eigenvalue weighted by molar-refractivity contribution is 0.0842. The van der Waals surface area contributed by atoms with E-state index >= 15 is 0 Å². The average Bonchev–Trinajstić information content (AvgIpc) is 2.93. The van der Waals surface area contributed by atoms with Gasteiger partial charge in [0.05, 0.1) is 12.1 Å². The quantitative estimate of drug-likeness (QED) is 0.804. The highest BCUT2D eigenvalue weighted by Gasteiger charge is 2.13. The molecule has 1 aromatic heterocycles. The summed E-state index contributed by atoms with van der Waals surface area (Å²) in [6.07, 6.45) is 1.67. The number of aromatic nitrogens is 1. The average molecular weight is 295 g/mol. The molecule has 0 amide bonds. The Kier molecular flexibility index (Phi) is 3.94. The summed E-state index contributed by atoms with van der Waals surface area (Å²) in [6.45, 7) is 1.79. The number of aliphatic hydroxyl groups is 1. The largest absolute Gasteiger partial charge is 0.483 e. The predicted octanol–water partition coefficient (Wildman–Crippen LogP) is 3.16. The van der Waals surface area contributed by atoms with Crippen molar-refractivity contribution >= 4 is 16.8 Å². The third-order valence-corrected chi connectivity index (χ3v) is 3.68. The van der Waals surface area contributed by atoms with Gasteiger partial charge in [0.2, 0.25) is 0 Å². The number of hydrogen-bond donors (Lipinski definition) is 1.